The van der Waals surface area contributed by atoms with Crippen LogP contribution in [0.2, 0.25) is 0 Å². The molecule has 1 aliphatic carbocycles. The normalized spacial score (nSPS) is 16.8. The van der Waals surface area contributed by atoms with E-state index in [0.29, 0.717) is 5.92 Å². The molecular weight excluding hydrogens is 474 g/mol. The fourth-order valence-corrected chi connectivity index (χ4v) is 10.3. The van der Waals surface area contributed by atoms with Crippen molar-refractivity contribution in [2.45, 2.75) is 70.3 Å². The van der Waals surface area contributed by atoms with Crippen molar-refractivity contribution in [1.82, 2.24) is 0 Å². The molecule has 2 aromatic rings. The molecular formula is C26H33Cl2Zr. The number of benzene rings is 2. The van der Waals surface area contributed by atoms with Crippen LogP contribution in [0.15, 0.2) is 42.0 Å². The second-order valence-electron chi connectivity index (χ2n) is 10.6. The number of hydrogen-bond donors (Lipinski definition) is 0. The molecule has 0 saturated heterocycles. The van der Waals surface area contributed by atoms with Crippen LogP contribution in [0.4, 0.5) is 0 Å². The Morgan fingerprint density at radius 3 is 2.00 bits per heavy atom. The molecule has 0 spiro atoms. The minimum atomic E-state index is -2.56. The van der Waals surface area contributed by atoms with Gasteiger partial charge < -0.3 is 0 Å². The zero-order valence-electron chi connectivity index (χ0n) is 19.0. The van der Waals surface area contributed by atoms with E-state index < -0.39 is 19.4 Å². The number of fused-ring (bicyclic) bond motifs is 1. The molecule has 1 atom stereocenters. The summed E-state index contributed by atoms with van der Waals surface area (Å²) < 4.78 is 0.231. The average Bonchev–Trinajstić information content (AvgIpc) is 3.00. The average molecular weight is 508 g/mol. The van der Waals surface area contributed by atoms with Crippen molar-refractivity contribution in [3.05, 3.63) is 64.2 Å². The van der Waals surface area contributed by atoms with Gasteiger partial charge in [0.25, 0.3) is 0 Å². The Morgan fingerprint density at radius 2 is 1.48 bits per heavy atom. The Balaban J connectivity index is 2.43. The Kier molecular flexibility index (Phi) is 6.67. The number of hydrogen-bond acceptors (Lipinski definition) is 0. The standard InChI is InChI=1S/C26H33.2ClH.Zr/c1-17(2)20-11-9-10-12-21(20)24-22-16-19(25(3,4)5)15-18(22)13-14-23(24)26(6,7)8;;;/h9-17H,1-8H3;2*1H;/q;;;+2/p-2. The van der Waals surface area contributed by atoms with E-state index in [1.807, 2.05) is 0 Å². The minimum absolute atomic E-state index is 0.0474. The van der Waals surface area contributed by atoms with Crippen LogP contribution >= 0.6 is 17.0 Å². The summed E-state index contributed by atoms with van der Waals surface area (Å²) in [6.45, 7) is 18.3. The van der Waals surface area contributed by atoms with E-state index >= 15 is 0 Å². The monoisotopic (exact) mass is 505 g/mol. The zero-order valence-corrected chi connectivity index (χ0v) is 22.9. The Bertz CT molecular complexity index is 940. The molecule has 0 nitrogen and oxygen atoms in total. The van der Waals surface area contributed by atoms with E-state index in [4.69, 9.17) is 17.0 Å². The van der Waals surface area contributed by atoms with E-state index in [9.17, 15) is 0 Å². The Hall–Kier alpha value is -0.357. The van der Waals surface area contributed by atoms with Gasteiger partial charge in [-0.05, 0) is 0 Å². The quantitative estimate of drug-likeness (QED) is 0.388. The summed E-state index contributed by atoms with van der Waals surface area (Å²) in [6, 6.07) is 13.5. The van der Waals surface area contributed by atoms with Gasteiger partial charge in [0.05, 0.1) is 0 Å². The third kappa shape index (κ3) is 4.49. The van der Waals surface area contributed by atoms with Gasteiger partial charge in [0.1, 0.15) is 0 Å². The first kappa shape index (κ1) is 23.3. The van der Waals surface area contributed by atoms with Gasteiger partial charge in [-0.15, -0.1) is 0 Å². The van der Waals surface area contributed by atoms with Crippen LogP contribution in [-0.4, -0.2) is 0 Å². The van der Waals surface area contributed by atoms with Gasteiger partial charge in [-0.25, -0.2) is 0 Å². The van der Waals surface area contributed by atoms with E-state index in [0.717, 1.165) is 0 Å². The number of halogens is 2. The third-order valence-electron chi connectivity index (χ3n) is 5.95. The van der Waals surface area contributed by atoms with Gasteiger partial charge in [0.15, 0.2) is 0 Å². The van der Waals surface area contributed by atoms with Crippen molar-refractivity contribution in [1.29, 1.82) is 0 Å². The maximum absolute atomic E-state index is 6.74. The van der Waals surface area contributed by atoms with Gasteiger partial charge in [0.2, 0.25) is 0 Å². The van der Waals surface area contributed by atoms with Crippen LogP contribution in [0.25, 0.3) is 17.2 Å². The first-order valence-electron chi connectivity index (χ1n) is 10.5. The molecule has 0 bridgehead atoms. The molecule has 29 heavy (non-hydrogen) atoms. The van der Waals surface area contributed by atoms with Crippen LogP contribution in [0.1, 0.15) is 87.2 Å². The predicted octanol–water partition coefficient (Wildman–Crippen LogP) is 9.18. The van der Waals surface area contributed by atoms with E-state index in [1.165, 1.54) is 39.0 Å². The second-order valence-corrected chi connectivity index (χ2v) is 19.4. The molecule has 0 saturated carbocycles. The molecule has 0 N–H and O–H groups in total. The molecule has 1 unspecified atom stereocenters. The topological polar surface area (TPSA) is 0 Å². The molecule has 0 aromatic heterocycles. The van der Waals surface area contributed by atoms with Crippen LogP contribution in [0.3, 0.4) is 0 Å². The summed E-state index contributed by atoms with van der Waals surface area (Å²) >= 11 is -2.56. The van der Waals surface area contributed by atoms with Crippen LogP contribution in [0, 0.1) is 5.41 Å². The molecule has 0 amide bonds. The predicted molar refractivity (Wildman–Crippen MR) is 127 cm³/mol. The van der Waals surface area contributed by atoms with Crippen molar-refractivity contribution in [3.63, 3.8) is 0 Å². The summed E-state index contributed by atoms with van der Waals surface area (Å²) in [5, 5.41) is 0. The van der Waals surface area contributed by atoms with Crippen LogP contribution in [-0.2, 0) is 24.8 Å². The fourth-order valence-electron chi connectivity index (χ4n) is 4.48. The summed E-state index contributed by atoms with van der Waals surface area (Å²) in [6.07, 6.45) is 2.42. The van der Waals surface area contributed by atoms with Gasteiger partial charge >= 0.3 is 194 Å². The van der Waals surface area contributed by atoms with Gasteiger partial charge in [0, 0.05) is 0 Å². The molecule has 0 fully saturated rings. The first-order chi connectivity index (χ1) is 13.3. The van der Waals surface area contributed by atoms with Crippen molar-refractivity contribution in [2.75, 3.05) is 0 Å². The maximum atomic E-state index is 6.74. The van der Waals surface area contributed by atoms with Crippen molar-refractivity contribution >= 4 is 23.1 Å². The van der Waals surface area contributed by atoms with Crippen LogP contribution in [0.5, 0.6) is 0 Å². The molecule has 3 heteroatoms. The molecule has 1 aliphatic rings. The molecule has 3 rings (SSSR count). The van der Waals surface area contributed by atoms with Crippen LogP contribution < -0.4 is 0 Å². The van der Waals surface area contributed by atoms with E-state index in [-0.39, 0.29) is 14.5 Å². The summed E-state index contributed by atoms with van der Waals surface area (Å²) in [5.41, 5.74) is 9.71. The number of rotatable bonds is 3. The SMILES string of the molecule is CC(C)c1ccccc1-c1c(C(C)(C)C)ccc2c1C=C(C(C)(C)C)[CH]2[Zr]([Cl])[Cl]. The van der Waals surface area contributed by atoms with Crippen molar-refractivity contribution in [2.24, 2.45) is 5.41 Å². The molecule has 0 aliphatic heterocycles. The second kappa shape index (κ2) is 8.29. The van der Waals surface area contributed by atoms with Crippen molar-refractivity contribution < 1.29 is 19.4 Å². The Labute approximate surface area is 192 Å². The van der Waals surface area contributed by atoms with Crippen molar-refractivity contribution in [3.8, 4) is 11.1 Å². The summed E-state index contributed by atoms with van der Waals surface area (Å²) in [4.78, 5) is 0. The molecule has 155 valence electrons. The molecule has 0 heterocycles. The summed E-state index contributed by atoms with van der Waals surface area (Å²) in [5.74, 6) is 0.463. The first-order valence-corrected chi connectivity index (χ1v) is 18.3. The Morgan fingerprint density at radius 1 is 0.862 bits per heavy atom. The third-order valence-corrected chi connectivity index (χ3v) is 11.1. The summed E-state index contributed by atoms with van der Waals surface area (Å²) in [7, 11) is 13.5. The molecule has 2 aromatic carbocycles. The van der Waals surface area contributed by atoms with E-state index in [2.05, 4.69) is 97.9 Å². The van der Waals surface area contributed by atoms with Gasteiger partial charge in [-0.3, -0.25) is 0 Å². The van der Waals surface area contributed by atoms with Gasteiger partial charge in [-0.1, -0.05) is 0 Å². The van der Waals surface area contributed by atoms with E-state index in [1.54, 1.807) is 0 Å². The molecule has 0 radical (unpaired) electrons. The van der Waals surface area contributed by atoms with Gasteiger partial charge in [-0.2, -0.15) is 0 Å². The fraction of sp³-hybridized carbons (Fsp3) is 0.462. The zero-order chi connectivity index (χ0) is 21.7. The number of allylic oxidation sites excluding steroid dienone is 1.